The van der Waals surface area contributed by atoms with Crippen LogP contribution in [0.2, 0.25) is 0 Å². The third-order valence-corrected chi connectivity index (χ3v) is 4.73. The number of aryl methyl sites for hydroxylation is 1. The molecule has 0 radical (unpaired) electrons. The number of anilines is 1. The summed E-state index contributed by atoms with van der Waals surface area (Å²) >= 11 is 0. The summed E-state index contributed by atoms with van der Waals surface area (Å²) in [5.74, 6) is -0.716. The number of carbonyl (C=O) groups is 1. The maximum Gasteiger partial charge on any atom is 0.433 e. The number of benzene rings is 1. The van der Waals surface area contributed by atoms with Crippen molar-refractivity contribution in [2.45, 2.75) is 32.5 Å². The highest BCUT2D eigenvalue weighted by atomic mass is 19.4. The zero-order valence-electron chi connectivity index (χ0n) is 20.0. The summed E-state index contributed by atoms with van der Waals surface area (Å²) in [6.07, 6.45) is 3.85. The first-order valence-electron chi connectivity index (χ1n) is 10.8. The van der Waals surface area contributed by atoms with Gasteiger partial charge < -0.3 is 15.5 Å². The molecule has 1 heterocycles. The molecule has 0 bridgehead atoms. The van der Waals surface area contributed by atoms with E-state index in [0.29, 0.717) is 10.4 Å². The van der Waals surface area contributed by atoms with Crippen molar-refractivity contribution < 1.29 is 18.0 Å². The highest BCUT2D eigenvalue weighted by Gasteiger charge is 2.35. The van der Waals surface area contributed by atoms with E-state index in [1.807, 2.05) is 38.1 Å². The Morgan fingerprint density at radius 2 is 2.03 bits per heavy atom. The number of carbonyl (C=O) groups excluding carboxylic acids is 1. The molecule has 2 aromatic rings. The van der Waals surface area contributed by atoms with E-state index in [1.165, 1.54) is 0 Å². The number of rotatable bonds is 10. The molecule has 1 aromatic carbocycles. The lowest BCUT2D eigenvalue weighted by Gasteiger charge is -2.14. The molecule has 1 atom stereocenters. The van der Waals surface area contributed by atoms with Gasteiger partial charge in [0.05, 0.1) is 5.71 Å². The molecule has 0 saturated carbocycles. The largest absolute Gasteiger partial charge is 0.433 e. The molecule has 2 rings (SSSR count). The number of allylic oxidation sites excluding steroid dienone is 1. The van der Waals surface area contributed by atoms with Gasteiger partial charge in [0.1, 0.15) is 5.69 Å². The number of hydrogen-bond acceptors (Lipinski definition) is 5. The number of hydrogen-bond donors (Lipinski definition) is 2. The Morgan fingerprint density at radius 3 is 2.65 bits per heavy atom. The van der Waals surface area contributed by atoms with Crippen molar-refractivity contribution in [1.82, 2.24) is 20.0 Å². The smallest absolute Gasteiger partial charge is 0.383 e. The maximum absolute atomic E-state index is 13.0. The van der Waals surface area contributed by atoms with E-state index in [1.54, 1.807) is 30.6 Å². The molecule has 1 unspecified atom stereocenters. The first-order valence-corrected chi connectivity index (χ1v) is 10.8. The van der Waals surface area contributed by atoms with Crippen LogP contribution in [-0.4, -0.2) is 46.9 Å². The van der Waals surface area contributed by atoms with Gasteiger partial charge in [0, 0.05) is 43.8 Å². The van der Waals surface area contributed by atoms with Crippen molar-refractivity contribution in [1.29, 1.82) is 0 Å². The fourth-order valence-corrected chi connectivity index (χ4v) is 3.06. The molecule has 1 amide bonds. The fourth-order valence-electron chi connectivity index (χ4n) is 3.06. The van der Waals surface area contributed by atoms with Gasteiger partial charge in [-0.25, -0.2) is 0 Å². The average molecular weight is 477 g/mol. The van der Waals surface area contributed by atoms with Crippen LogP contribution in [0.1, 0.15) is 48.1 Å². The van der Waals surface area contributed by atoms with E-state index >= 15 is 0 Å². The Balaban J connectivity index is 2.04. The quantitative estimate of drug-likeness (QED) is 0.484. The Hall–Kier alpha value is -3.40. The standard InChI is InChI=1S/C24H31F3N6O/c1-6-7-10-20(16-32(3)4)29-13-12-28-17(2)18-9-8-11-19(14-18)30-23(34)21-15-22(24(25,26)27)33(5)31-21/h7-15,17,28H,6,16H2,1-5H3,(H,30,34)/b10-7+,13-12?,29-20?. The molecular weight excluding hydrogens is 445 g/mol. The molecule has 0 aliphatic carbocycles. The van der Waals surface area contributed by atoms with Gasteiger partial charge in [-0.2, -0.15) is 18.3 Å². The van der Waals surface area contributed by atoms with Crippen LogP contribution in [0.4, 0.5) is 18.9 Å². The van der Waals surface area contributed by atoms with Gasteiger partial charge in [-0.05, 0) is 51.2 Å². The van der Waals surface area contributed by atoms with Crippen LogP contribution in [0.5, 0.6) is 0 Å². The van der Waals surface area contributed by atoms with Crippen molar-refractivity contribution in [2.24, 2.45) is 12.0 Å². The van der Waals surface area contributed by atoms with Crippen LogP contribution < -0.4 is 10.6 Å². The summed E-state index contributed by atoms with van der Waals surface area (Å²) in [6, 6.07) is 7.69. The minimum atomic E-state index is -4.58. The molecule has 0 aliphatic heterocycles. The molecule has 34 heavy (non-hydrogen) atoms. The SMILES string of the molecule is CC/C=C/C(CN(C)C)=NC=CNC(C)c1cccc(NC(=O)c2cc(C(F)(F)F)n(C)n2)c1. The van der Waals surface area contributed by atoms with Crippen LogP contribution in [0.15, 0.2) is 59.9 Å². The zero-order valence-corrected chi connectivity index (χ0v) is 20.0. The van der Waals surface area contributed by atoms with Gasteiger partial charge in [0.25, 0.3) is 5.91 Å². The normalized spacial score (nSPS) is 13.7. The van der Waals surface area contributed by atoms with Crippen molar-refractivity contribution in [3.63, 3.8) is 0 Å². The van der Waals surface area contributed by atoms with Gasteiger partial charge >= 0.3 is 6.18 Å². The van der Waals surface area contributed by atoms with E-state index in [2.05, 4.69) is 33.7 Å². The van der Waals surface area contributed by atoms with Crippen molar-refractivity contribution >= 4 is 17.3 Å². The highest BCUT2D eigenvalue weighted by molar-refractivity contribution is 6.03. The van der Waals surface area contributed by atoms with E-state index in [0.717, 1.165) is 37.4 Å². The monoisotopic (exact) mass is 476 g/mol. The zero-order chi connectivity index (χ0) is 25.3. The Bertz CT molecular complexity index is 1050. The topological polar surface area (TPSA) is 74.5 Å². The number of halogens is 3. The summed E-state index contributed by atoms with van der Waals surface area (Å²) < 4.78 is 39.5. The Morgan fingerprint density at radius 1 is 1.29 bits per heavy atom. The first kappa shape index (κ1) is 26.8. The van der Waals surface area contributed by atoms with E-state index in [4.69, 9.17) is 0 Å². The lowest BCUT2D eigenvalue weighted by molar-refractivity contribution is -0.143. The van der Waals surface area contributed by atoms with E-state index in [-0.39, 0.29) is 11.7 Å². The summed E-state index contributed by atoms with van der Waals surface area (Å²) in [5, 5.41) is 9.50. The summed E-state index contributed by atoms with van der Waals surface area (Å²) in [7, 11) is 5.11. The van der Waals surface area contributed by atoms with Crippen molar-refractivity contribution in [3.8, 4) is 0 Å². The third kappa shape index (κ3) is 8.18. The lowest BCUT2D eigenvalue weighted by atomic mass is 10.1. The predicted octanol–water partition coefficient (Wildman–Crippen LogP) is 4.78. The highest BCUT2D eigenvalue weighted by Crippen LogP contribution is 2.29. The predicted molar refractivity (Wildman–Crippen MR) is 129 cm³/mol. The average Bonchev–Trinajstić information content (AvgIpc) is 3.17. The number of alkyl halides is 3. The van der Waals surface area contributed by atoms with Crippen LogP contribution in [0, 0.1) is 0 Å². The molecule has 2 N–H and O–H groups in total. The van der Waals surface area contributed by atoms with Gasteiger partial charge in [-0.15, -0.1) is 0 Å². The lowest BCUT2D eigenvalue weighted by Crippen LogP contribution is -2.20. The molecule has 1 aromatic heterocycles. The first-order chi connectivity index (χ1) is 16.0. The summed E-state index contributed by atoms with van der Waals surface area (Å²) in [6.45, 7) is 4.73. The van der Waals surface area contributed by atoms with Crippen LogP contribution in [0.3, 0.4) is 0 Å². The molecule has 0 saturated heterocycles. The Kier molecular flexibility index (Phi) is 9.61. The molecule has 0 spiro atoms. The second-order valence-electron chi connectivity index (χ2n) is 7.99. The summed E-state index contributed by atoms with van der Waals surface area (Å²) in [4.78, 5) is 18.9. The maximum atomic E-state index is 13.0. The molecule has 0 aliphatic rings. The number of amides is 1. The minimum absolute atomic E-state index is 0.0986. The van der Waals surface area contributed by atoms with Crippen molar-refractivity contribution in [2.75, 3.05) is 26.0 Å². The van der Waals surface area contributed by atoms with Crippen LogP contribution in [0.25, 0.3) is 0 Å². The molecule has 7 nitrogen and oxygen atoms in total. The number of aromatic nitrogens is 2. The second kappa shape index (κ2) is 12.2. The third-order valence-electron chi connectivity index (χ3n) is 4.73. The number of aliphatic imine (C=N–C) groups is 1. The van der Waals surface area contributed by atoms with Gasteiger partial charge in [-0.3, -0.25) is 14.5 Å². The van der Waals surface area contributed by atoms with Crippen LogP contribution >= 0.6 is 0 Å². The van der Waals surface area contributed by atoms with E-state index < -0.39 is 17.8 Å². The van der Waals surface area contributed by atoms with Gasteiger partial charge in [-0.1, -0.05) is 25.1 Å². The summed E-state index contributed by atoms with van der Waals surface area (Å²) in [5.41, 5.74) is 0.971. The number of nitrogens with zero attached hydrogens (tertiary/aromatic N) is 4. The minimum Gasteiger partial charge on any atom is -0.383 e. The number of nitrogens with one attached hydrogen (secondary N) is 2. The molecule has 0 fully saturated rings. The van der Waals surface area contributed by atoms with E-state index in [9.17, 15) is 18.0 Å². The van der Waals surface area contributed by atoms with Gasteiger partial charge in [0.15, 0.2) is 5.69 Å². The van der Waals surface area contributed by atoms with Crippen LogP contribution in [-0.2, 0) is 13.2 Å². The Labute approximate surface area is 198 Å². The van der Waals surface area contributed by atoms with Gasteiger partial charge in [0.2, 0.25) is 0 Å². The fraction of sp³-hybridized carbons (Fsp3) is 0.375. The molecular formula is C24H31F3N6O. The second-order valence-corrected chi connectivity index (χ2v) is 7.99. The molecule has 184 valence electrons. The van der Waals surface area contributed by atoms with Crippen molar-refractivity contribution in [3.05, 3.63) is 71.8 Å². The molecule has 10 heteroatoms.